The van der Waals surface area contributed by atoms with Gasteiger partial charge in [0.1, 0.15) is 0 Å². The van der Waals surface area contributed by atoms with Crippen LogP contribution >= 0.6 is 0 Å². The Morgan fingerprint density at radius 1 is 1.33 bits per heavy atom. The minimum atomic E-state index is -0.233. The van der Waals surface area contributed by atoms with E-state index in [4.69, 9.17) is 0 Å². The quantitative estimate of drug-likeness (QED) is 0.616. The summed E-state index contributed by atoms with van der Waals surface area (Å²) in [4.78, 5) is 0. The molecular formula is C8H16O. The van der Waals surface area contributed by atoms with Crippen molar-refractivity contribution in [3.05, 3.63) is 0 Å². The minimum Gasteiger partial charge on any atom is -0.390 e. The molecule has 1 fully saturated rings. The van der Waals surface area contributed by atoms with E-state index < -0.39 is 0 Å². The van der Waals surface area contributed by atoms with E-state index in [0.717, 1.165) is 25.7 Å². The first-order chi connectivity index (χ1) is 4.23. The van der Waals surface area contributed by atoms with Crippen LogP contribution in [0.1, 0.15) is 39.5 Å². The molecule has 0 unspecified atom stereocenters. The van der Waals surface area contributed by atoms with Crippen LogP contribution in [0, 0.1) is 5.92 Å². The highest BCUT2D eigenvalue weighted by atomic mass is 16.3. The Bertz CT molecular complexity index is 90.7. The van der Waals surface area contributed by atoms with Crippen molar-refractivity contribution in [2.24, 2.45) is 5.92 Å². The van der Waals surface area contributed by atoms with Crippen molar-refractivity contribution in [3.8, 4) is 0 Å². The van der Waals surface area contributed by atoms with Gasteiger partial charge in [0.25, 0.3) is 0 Å². The summed E-state index contributed by atoms with van der Waals surface area (Å²) in [6, 6.07) is 0. The van der Waals surface area contributed by atoms with Gasteiger partial charge in [0.2, 0.25) is 0 Å². The lowest BCUT2D eigenvalue weighted by Crippen LogP contribution is -2.20. The first-order valence-corrected chi connectivity index (χ1v) is 3.95. The molecule has 0 spiro atoms. The van der Waals surface area contributed by atoms with Crippen LogP contribution in [0.2, 0.25) is 0 Å². The molecule has 9 heavy (non-hydrogen) atoms. The molecule has 0 aliphatic heterocycles. The Hall–Kier alpha value is -0.0400. The van der Waals surface area contributed by atoms with Gasteiger partial charge in [0.05, 0.1) is 5.60 Å². The lowest BCUT2D eigenvalue weighted by atomic mass is 9.95. The summed E-state index contributed by atoms with van der Waals surface area (Å²) in [5.74, 6) is 0.567. The SMILES string of the molecule is CCC(CC)C1(O)CC1. The van der Waals surface area contributed by atoms with Crippen LogP contribution in [-0.4, -0.2) is 10.7 Å². The van der Waals surface area contributed by atoms with Crippen LogP contribution in [0.3, 0.4) is 0 Å². The third kappa shape index (κ3) is 1.26. The third-order valence-corrected chi connectivity index (χ3v) is 2.51. The second-order valence-electron chi connectivity index (χ2n) is 3.12. The fourth-order valence-electron chi connectivity index (χ4n) is 1.58. The van der Waals surface area contributed by atoms with E-state index in [2.05, 4.69) is 13.8 Å². The van der Waals surface area contributed by atoms with E-state index in [0.29, 0.717) is 5.92 Å². The Balaban J connectivity index is 2.37. The molecule has 1 aliphatic carbocycles. The molecule has 0 aromatic rings. The maximum Gasteiger partial charge on any atom is 0.0677 e. The fraction of sp³-hybridized carbons (Fsp3) is 1.00. The molecule has 0 radical (unpaired) electrons. The molecule has 0 amide bonds. The number of hydrogen-bond acceptors (Lipinski definition) is 1. The van der Waals surface area contributed by atoms with E-state index in [1.807, 2.05) is 0 Å². The van der Waals surface area contributed by atoms with Gasteiger partial charge in [-0.05, 0) is 18.8 Å². The fourth-order valence-corrected chi connectivity index (χ4v) is 1.58. The third-order valence-electron chi connectivity index (χ3n) is 2.51. The van der Waals surface area contributed by atoms with E-state index in [-0.39, 0.29) is 5.60 Å². The maximum atomic E-state index is 9.59. The second kappa shape index (κ2) is 2.30. The summed E-state index contributed by atoms with van der Waals surface area (Å²) in [7, 11) is 0. The molecule has 0 aromatic carbocycles. The van der Waals surface area contributed by atoms with Gasteiger partial charge in [-0.3, -0.25) is 0 Å². The molecular weight excluding hydrogens is 112 g/mol. The van der Waals surface area contributed by atoms with Crippen LogP contribution in [0.25, 0.3) is 0 Å². The molecule has 1 saturated carbocycles. The zero-order valence-electron chi connectivity index (χ0n) is 6.35. The monoisotopic (exact) mass is 128 g/mol. The number of aliphatic hydroxyl groups is 1. The zero-order chi connectivity index (χ0) is 6.91. The Labute approximate surface area is 57.1 Å². The maximum absolute atomic E-state index is 9.59. The minimum absolute atomic E-state index is 0.233. The zero-order valence-corrected chi connectivity index (χ0v) is 6.35. The van der Waals surface area contributed by atoms with Crippen molar-refractivity contribution < 1.29 is 5.11 Å². The lowest BCUT2D eigenvalue weighted by Gasteiger charge is -2.17. The van der Waals surface area contributed by atoms with Crippen molar-refractivity contribution in [1.82, 2.24) is 0 Å². The second-order valence-corrected chi connectivity index (χ2v) is 3.12. The molecule has 0 bridgehead atoms. The number of rotatable bonds is 3. The van der Waals surface area contributed by atoms with Crippen LogP contribution in [-0.2, 0) is 0 Å². The van der Waals surface area contributed by atoms with E-state index in [1.165, 1.54) is 0 Å². The summed E-state index contributed by atoms with van der Waals surface area (Å²) in [5, 5.41) is 9.59. The highest BCUT2D eigenvalue weighted by Crippen LogP contribution is 2.44. The van der Waals surface area contributed by atoms with Gasteiger partial charge < -0.3 is 5.11 Å². The highest BCUT2D eigenvalue weighted by Gasteiger charge is 2.45. The topological polar surface area (TPSA) is 20.2 Å². The van der Waals surface area contributed by atoms with Crippen molar-refractivity contribution in [2.45, 2.75) is 45.1 Å². The average Bonchev–Trinajstić information content (AvgIpc) is 2.52. The van der Waals surface area contributed by atoms with Crippen molar-refractivity contribution in [3.63, 3.8) is 0 Å². The molecule has 1 nitrogen and oxygen atoms in total. The summed E-state index contributed by atoms with van der Waals surface area (Å²) in [6.45, 7) is 4.31. The normalized spacial score (nSPS) is 22.7. The molecule has 1 N–H and O–H groups in total. The summed E-state index contributed by atoms with van der Waals surface area (Å²) >= 11 is 0. The highest BCUT2D eigenvalue weighted by molar-refractivity contribution is 4.97. The Kier molecular flexibility index (Phi) is 1.80. The first kappa shape index (κ1) is 7.07. The van der Waals surface area contributed by atoms with E-state index in [9.17, 15) is 5.11 Å². The predicted octanol–water partition coefficient (Wildman–Crippen LogP) is 1.95. The van der Waals surface area contributed by atoms with Gasteiger partial charge in [-0.1, -0.05) is 26.7 Å². The average molecular weight is 128 g/mol. The molecule has 0 saturated heterocycles. The Morgan fingerprint density at radius 3 is 1.89 bits per heavy atom. The standard InChI is InChI=1S/C8H16O/c1-3-7(4-2)8(9)5-6-8/h7,9H,3-6H2,1-2H3. The molecule has 0 aromatic heterocycles. The summed E-state index contributed by atoms with van der Waals surface area (Å²) < 4.78 is 0. The number of hydrogen-bond donors (Lipinski definition) is 1. The lowest BCUT2D eigenvalue weighted by molar-refractivity contribution is 0.0774. The van der Waals surface area contributed by atoms with Gasteiger partial charge in [-0.25, -0.2) is 0 Å². The van der Waals surface area contributed by atoms with Gasteiger partial charge in [-0.2, -0.15) is 0 Å². The van der Waals surface area contributed by atoms with E-state index in [1.54, 1.807) is 0 Å². The summed E-state index contributed by atoms with van der Waals surface area (Å²) in [5.41, 5.74) is -0.233. The van der Waals surface area contributed by atoms with Gasteiger partial charge >= 0.3 is 0 Å². The van der Waals surface area contributed by atoms with Gasteiger partial charge in [-0.15, -0.1) is 0 Å². The van der Waals surface area contributed by atoms with Gasteiger partial charge in [0, 0.05) is 0 Å². The Morgan fingerprint density at radius 2 is 1.78 bits per heavy atom. The molecule has 1 heteroatoms. The van der Waals surface area contributed by atoms with Gasteiger partial charge in [0.15, 0.2) is 0 Å². The molecule has 0 atom stereocenters. The molecule has 1 aliphatic rings. The summed E-state index contributed by atoms with van der Waals surface area (Å²) in [6.07, 6.45) is 4.35. The molecule has 54 valence electrons. The van der Waals surface area contributed by atoms with Crippen molar-refractivity contribution >= 4 is 0 Å². The van der Waals surface area contributed by atoms with Crippen molar-refractivity contribution in [2.75, 3.05) is 0 Å². The largest absolute Gasteiger partial charge is 0.390 e. The molecule has 1 rings (SSSR count). The van der Waals surface area contributed by atoms with Crippen molar-refractivity contribution in [1.29, 1.82) is 0 Å². The first-order valence-electron chi connectivity index (χ1n) is 3.95. The smallest absolute Gasteiger partial charge is 0.0677 e. The van der Waals surface area contributed by atoms with Crippen LogP contribution in [0.15, 0.2) is 0 Å². The van der Waals surface area contributed by atoms with Crippen LogP contribution < -0.4 is 0 Å². The predicted molar refractivity (Wildman–Crippen MR) is 38.3 cm³/mol. The van der Waals surface area contributed by atoms with Crippen LogP contribution in [0.5, 0.6) is 0 Å². The molecule has 0 heterocycles. The van der Waals surface area contributed by atoms with Crippen LogP contribution in [0.4, 0.5) is 0 Å². The van der Waals surface area contributed by atoms with E-state index >= 15 is 0 Å².